The number of benzene rings is 1. The lowest BCUT2D eigenvalue weighted by Gasteiger charge is -2.22. The Balaban J connectivity index is 2.40. The Bertz CT molecular complexity index is 519. The van der Waals surface area contributed by atoms with Crippen molar-refractivity contribution in [3.05, 3.63) is 42.5 Å². The van der Waals surface area contributed by atoms with E-state index in [1.54, 1.807) is 24.3 Å². The smallest absolute Gasteiger partial charge is 0.266 e. The van der Waals surface area contributed by atoms with Crippen molar-refractivity contribution in [1.29, 1.82) is 0 Å². The molecule has 1 aliphatic rings. The molecule has 0 radical (unpaired) electrons. The number of hydrogen-bond acceptors (Lipinski definition) is 3. The van der Waals surface area contributed by atoms with Crippen LogP contribution in [-0.2, 0) is 14.8 Å². The highest BCUT2D eigenvalue weighted by Gasteiger charge is 2.28. The molecule has 0 aliphatic carbocycles. The summed E-state index contributed by atoms with van der Waals surface area (Å²) in [5.41, 5.74) is 0. The maximum atomic E-state index is 12.1. The van der Waals surface area contributed by atoms with Crippen molar-refractivity contribution in [1.82, 2.24) is 4.31 Å². The molecule has 0 saturated heterocycles. The van der Waals surface area contributed by atoms with Crippen LogP contribution in [0.4, 0.5) is 0 Å². The number of carbonyl (C=O) groups is 1. The van der Waals surface area contributed by atoms with Crippen molar-refractivity contribution >= 4 is 15.9 Å². The number of hydrogen-bond donors (Lipinski definition) is 0. The van der Waals surface area contributed by atoms with Crippen LogP contribution in [0.1, 0.15) is 6.42 Å². The minimum atomic E-state index is -3.68. The first kappa shape index (κ1) is 10.9. The summed E-state index contributed by atoms with van der Waals surface area (Å²) >= 11 is 0. The van der Waals surface area contributed by atoms with Gasteiger partial charge in [0.2, 0.25) is 0 Å². The SMILES string of the molecule is O=C1C=CCCN1S(=O)(=O)c1ccccc1. The van der Waals surface area contributed by atoms with Gasteiger partial charge in [-0.3, -0.25) is 4.79 Å². The maximum absolute atomic E-state index is 12.1. The molecule has 5 heteroatoms. The predicted molar refractivity (Wildman–Crippen MR) is 59.1 cm³/mol. The Kier molecular flexibility index (Phi) is 2.78. The fourth-order valence-electron chi connectivity index (χ4n) is 1.53. The van der Waals surface area contributed by atoms with Crippen LogP contribution in [0.5, 0.6) is 0 Å². The van der Waals surface area contributed by atoms with Crippen LogP contribution < -0.4 is 0 Å². The van der Waals surface area contributed by atoms with E-state index in [1.807, 2.05) is 0 Å². The second-order valence-corrected chi connectivity index (χ2v) is 5.28. The number of sulfonamides is 1. The van der Waals surface area contributed by atoms with Gasteiger partial charge in [0.15, 0.2) is 0 Å². The van der Waals surface area contributed by atoms with Crippen molar-refractivity contribution in [2.24, 2.45) is 0 Å². The van der Waals surface area contributed by atoms with Crippen LogP contribution >= 0.6 is 0 Å². The highest BCUT2D eigenvalue weighted by molar-refractivity contribution is 7.89. The molecule has 0 bridgehead atoms. The number of nitrogens with zero attached hydrogens (tertiary/aromatic N) is 1. The molecule has 1 heterocycles. The van der Waals surface area contributed by atoms with Crippen molar-refractivity contribution < 1.29 is 13.2 Å². The fourth-order valence-corrected chi connectivity index (χ4v) is 2.93. The van der Waals surface area contributed by atoms with Gasteiger partial charge in [-0.15, -0.1) is 0 Å². The van der Waals surface area contributed by atoms with Crippen molar-refractivity contribution in [3.63, 3.8) is 0 Å². The van der Waals surface area contributed by atoms with E-state index in [9.17, 15) is 13.2 Å². The van der Waals surface area contributed by atoms with Crippen LogP contribution in [0.15, 0.2) is 47.4 Å². The molecule has 1 aliphatic heterocycles. The molecule has 16 heavy (non-hydrogen) atoms. The fraction of sp³-hybridized carbons (Fsp3) is 0.182. The molecule has 0 aromatic heterocycles. The van der Waals surface area contributed by atoms with Gasteiger partial charge in [0, 0.05) is 12.6 Å². The van der Waals surface area contributed by atoms with E-state index >= 15 is 0 Å². The van der Waals surface area contributed by atoms with Gasteiger partial charge in [0.05, 0.1) is 4.90 Å². The minimum absolute atomic E-state index is 0.152. The topological polar surface area (TPSA) is 54.5 Å². The van der Waals surface area contributed by atoms with E-state index in [-0.39, 0.29) is 11.4 Å². The molecule has 0 fully saturated rings. The highest BCUT2D eigenvalue weighted by atomic mass is 32.2. The zero-order chi connectivity index (χ0) is 11.6. The van der Waals surface area contributed by atoms with E-state index in [1.165, 1.54) is 18.2 Å². The first-order valence-electron chi connectivity index (χ1n) is 4.90. The summed E-state index contributed by atoms with van der Waals surface area (Å²) in [6.07, 6.45) is 3.54. The van der Waals surface area contributed by atoms with Gasteiger partial charge >= 0.3 is 0 Å². The Morgan fingerprint density at radius 1 is 1.12 bits per heavy atom. The Labute approximate surface area is 94.2 Å². The molecule has 1 amide bonds. The molecule has 2 rings (SSSR count). The third kappa shape index (κ3) is 1.86. The monoisotopic (exact) mass is 237 g/mol. The van der Waals surface area contributed by atoms with Crippen molar-refractivity contribution in [2.75, 3.05) is 6.54 Å². The summed E-state index contributed by atoms with van der Waals surface area (Å²) in [5.74, 6) is -0.477. The molecular weight excluding hydrogens is 226 g/mol. The van der Waals surface area contributed by atoms with E-state index < -0.39 is 15.9 Å². The molecule has 84 valence electrons. The van der Waals surface area contributed by atoms with Crippen LogP contribution in [0.2, 0.25) is 0 Å². The first-order valence-corrected chi connectivity index (χ1v) is 6.34. The third-order valence-electron chi connectivity index (χ3n) is 2.34. The molecule has 0 saturated carbocycles. The van der Waals surface area contributed by atoms with Crippen LogP contribution in [0.25, 0.3) is 0 Å². The van der Waals surface area contributed by atoms with E-state index in [0.717, 1.165) is 4.31 Å². The summed E-state index contributed by atoms with van der Waals surface area (Å²) < 4.78 is 25.0. The van der Waals surface area contributed by atoms with Gasteiger partial charge in [0.25, 0.3) is 15.9 Å². The van der Waals surface area contributed by atoms with E-state index in [4.69, 9.17) is 0 Å². The second kappa shape index (κ2) is 4.09. The van der Waals surface area contributed by atoms with Crippen molar-refractivity contribution in [2.45, 2.75) is 11.3 Å². The molecular formula is C11H11NO3S. The Morgan fingerprint density at radius 3 is 2.44 bits per heavy atom. The second-order valence-electron chi connectivity index (χ2n) is 3.42. The molecule has 1 aromatic carbocycles. The lowest BCUT2D eigenvalue weighted by molar-refractivity contribution is -0.121. The van der Waals surface area contributed by atoms with Crippen molar-refractivity contribution in [3.8, 4) is 0 Å². The molecule has 0 spiro atoms. The zero-order valence-electron chi connectivity index (χ0n) is 8.54. The molecule has 0 N–H and O–H groups in total. The predicted octanol–water partition coefficient (Wildman–Crippen LogP) is 1.16. The lowest BCUT2D eigenvalue weighted by Crippen LogP contribution is -2.38. The maximum Gasteiger partial charge on any atom is 0.266 e. The number of amides is 1. The summed E-state index contributed by atoms with van der Waals surface area (Å²) in [6, 6.07) is 7.98. The summed E-state index contributed by atoms with van der Waals surface area (Å²) in [5, 5.41) is 0. The highest BCUT2D eigenvalue weighted by Crippen LogP contribution is 2.18. The van der Waals surface area contributed by atoms with Gasteiger partial charge in [-0.25, -0.2) is 12.7 Å². The summed E-state index contributed by atoms with van der Waals surface area (Å²) in [6.45, 7) is 0.215. The van der Waals surface area contributed by atoms with Crippen LogP contribution in [0, 0.1) is 0 Å². The zero-order valence-corrected chi connectivity index (χ0v) is 9.35. The largest absolute Gasteiger partial charge is 0.269 e. The average Bonchev–Trinajstić information content (AvgIpc) is 2.30. The standard InChI is InChI=1S/C11H11NO3S/c13-11-8-4-5-9-12(11)16(14,15)10-6-2-1-3-7-10/h1-4,6-8H,5,9H2. The average molecular weight is 237 g/mol. The van der Waals surface area contributed by atoms with E-state index in [0.29, 0.717) is 6.42 Å². The van der Waals surface area contributed by atoms with Gasteiger partial charge in [0.1, 0.15) is 0 Å². The summed E-state index contributed by atoms with van der Waals surface area (Å²) in [7, 11) is -3.68. The number of carbonyl (C=O) groups excluding carboxylic acids is 1. The molecule has 0 unspecified atom stereocenters. The van der Waals surface area contributed by atoms with Gasteiger partial charge in [-0.2, -0.15) is 0 Å². The minimum Gasteiger partial charge on any atom is -0.269 e. The first-order chi connectivity index (χ1) is 7.62. The number of rotatable bonds is 2. The summed E-state index contributed by atoms with van der Waals surface area (Å²) in [4.78, 5) is 11.6. The van der Waals surface area contributed by atoms with Gasteiger partial charge in [-0.1, -0.05) is 24.3 Å². The third-order valence-corrected chi connectivity index (χ3v) is 4.15. The molecule has 4 nitrogen and oxygen atoms in total. The van der Waals surface area contributed by atoms with Crippen LogP contribution in [-0.4, -0.2) is 25.2 Å². The van der Waals surface area contributed by atoms with Crippen LogP contribution in [0.3, 0.4) is 0 Å². The normalized spacial score (nSPS) is 16.5. The lowest BCUT2D eigenvalue weighted by atomic mass is 10.3. The molecule has 1 aromatic rings. The van der Waals surface area contributed by atoms with Gasteiger partial charge < -0.3 is 0 Å². The van der Waals surface area contributed by atoms with E-state index in [2.05, 4.69) is 0 Å². The Morgan fingerprint density at radius 2 is 1.81 bits per heavy atom. The quantitative estimate of drug-likeness (QED) is 0.775. The van der Waals surface area contributed by atoms with Gasteiger partial charge in [-0.05, 0) is 18.6 Å². The molecule has 0 atom stereocenters. The Hall–Kier alpha value is -1.62.